The van der Waals surface area contributed by atoms with Crippen molar-refractivity contribution in [3.05, 3.63) is 40.0 Å². The Kier molecular flexibility index (Phi) is 4.17. The van der Waals surface area contributed by atoms with E-state index in [4.69, 9.17) is 11.6 Å². The summed E-state index contributed by atoms with van der Waals surface area (Å²) in [6.45, 7) is 1.91. The number of nitrogens with zero attached hydrogens (tertiary/aromatic N) is 1. The SMILES string of the molecule is Cc1cc(NC(=O)C2=CN=C(Cl)CC2=O)ccc1Br. The Morgan fingerprint density at radius 1 is 1.47 bits per heavy atom. The molecule has 2 rings (SSSR count). The molecule has 6 heteroatoms. The Labute approximate surface area is 123 Å². The number of ketones is 1. The third-order valence-corrected chi connectivity index (χ3v) is 3.72. The van der Waals surface area contributed by atoms with Gasteiger partial charge in [0.25, 0.3) is 5.91 Å². The lowest BCUT2D eigenvalue weighted by Crippen LogP contribution is -2.23. The Morgan fingerprint density at radius 3 is 2.84 bits per heavy atom. The van der Waals surface area contributed by atoms with Crippen molar-refractivity contribution in [1.29, 1.82) is 0 Å². The molecule has 4 nitrogen and oxygen atoms in total. The first-order chi connectivity index (χ1) is 8.97. The summed E-state index contributed by atoms with van der Waals surface area (Å²) in [5, 5.41) is 2.86. The van der Waals surface area contributed by atoms with Gasteiger partial charge in [-0.3, -0.25) is 9.59 Å². The highest BCUT2D eigenvalue weighted by Gasteiger charge is 2.22. The molecule has 0 spiro atoms. The zero-order chi connectivity index (χ0) is 14.0. The van der Waals surface area contributed by atoms with E-state index in [1.807, 2.05) is 19.1 Å². The second-order valence-electron chi connectivity index (χ2n) is 4.07. The number of amides is 1. The number of carbonyl (C=O) groups is 2. The molecule has 1 aromatic rings. The van der Waals surface area contributed by atoms with E-state index in [0.717, 1.165) is 10.0 Å². The lowest BCUT2D eigenvalue weighted by Gasteiger charge is -2.10. The molecule has 0 saturated heterocycles. The molecule has 0 bridgehead atoms. The van der Waals surface area contributed by atoms with Crippen LogP contribution in [0.2, 0.25) is 0 Å². The topological polar surface area (TPSA) is 58.5 Å². The van der Waals surface area contributed by atoms with Crippen LogP contribution in [0.5, 0.6) is 0 Å². The van der Waals surface area contributed by atoms with Crippen molar-refractivity contribution in [2.45, 2.75) is 13.3 Å². The maximum absolute atomic E-state index is 12.0. The summed E-state index contributed by atoms with van der Waals surface area (Å²) in [6.07, 6.45) is 1.18. The van der Waals surface area contributed by atoms with E-state index in [2.05, 4.69) is 26.2 Å². The van der Waals surface area contributed by atoms with Gasteiger partial charge in [0.05, 0.1) is 6.42 Å². The minimum atomic E-state index is -0.473. The van der Waals surface area contributed by atoms with E-state index < -0.39 is 5.91 Å². The van der Waals surface area contributed by atoms with Crippen molar-refractivity contribution in [1.82, 2.24) is 0 Å². The van der Waals surface area contributed by atoms with Gasteiger partial charge in [-0.1, -0.05) is 27.5 Å². The molecule has 1 aliphatic heterocycles. The molecule has 98 valence electrons. The van der Waals surface area contributed by atoms with Gasteiger partial charge in [0.15, 0.2) is 5.78 Å². The average molecular weight is 342 g/mol. The lowest BCUT2D eigenvalue weighted by atomic mass is 10.1. The number of rotatable bonds is 2. The second-order valence-corrected chi connectivity index (χ2v) is 5.36. The average Bonchev–Trinajstić information content (AvgIpc) is 2.33. The van der Waals surface area contributed by atoms with Crippen molar-refractivity contribution < 1.29 is 9.59 Å². The molecule has 19 heavy (non-hydrogen) atoms. The van der Waals surface area contributed by atoms with E-state index in [1.165, 1.54) is 6.20 Å². The van der Waals surface area contributed by atoms with Gasteiger partial charge in [0, 0.05) is 16.4 Å². The predicted molar refractivity (Wildman–Crippen MR) is 78.5 cm³/mol. The normalized spacial score (nSPS) is 14.8. The Bertz CT molecular complexity index is 623. The van der Waals surface area contributed by atoms with Crippen molar-refractivity contribution in [3.8, 4) is 0 Å². The van der Waals surface area contributed by atoms with E-state index in [-0.39, 0.29) is 22.9 Å². The molecular formula is C13H10BrClN2O2. The largest absolute Gasteiger partial charge is 0.322 e. The number of nitrogens with one attached hydrogen (secondary N) is 1. The van der Waals surface area contributed by atoms with Crippen LogP contribution in [0.25, 0.3) is 0 Å². The van der Waals surface area contributed by atoms with Crippen molar-refractivity contribution in [2.24, 2.45) is 4.99 Å². The molecule has 0 atom stereocenters. The number of aryl methyl sites for hydroxylation is 1. The summed E-state index contributed by atoms with van der Waals surface area (Å²) >= 11 is 9.01. The van der Waals surface area contributed by atoms with Crippen LogP contribution in [0.15, 0.2) is 39.4 Å². The Hall–Kier alpha value is -1.46. The van der Waals surface area contributed by atoms with Gasteiger partial charge in [-0.2, -0.15) is 0 Å². The molecule has 0 unspecified atom stereocenters. The van der Waals surface area contributed by atoms with Crippen LogP contribution < -0.4 is 5.32 Å². The lowest BCUT2D eigenvalue weighted by molar-refractivity contribution is -0.119. The number of carbonyl (C=O) groups excluding carboxylic acids is 2. The molecule has 0 aromatic heterocycles. The number of Topliss-reactive ketones (excluding diaryl/α,β-unsaturated/α-hetero) is 1. The monoisotopic (exact) mass is 340 g/mol. The van der Waals surface area contributed by atoms with Crippen LogP contribution in [0.1, 0.15) is 12.0 Å². The fourth-order valence-electron chi connectivity index (χ4n) is 1.59. The minimum absolute atomic E-state index is 0.0185. The molecule has 1 aromatic carbocycles. The highest BCUT2D eigenvalue weighted by molar-refractivity contribution is 9.10. The molecule has 1 N–H and O–H groups in total. The van der Waals surface area contributed by atoms with Gasteiger partial charge in [-0.15, -0.1) is 0 Å². The second kappa shape index (κ2) is 5.67. The number of aliphatic imine (C=N–C) groups is 1. The zero-order valence-corrected chi connectivity index (χ0v) is 12.4. The highest BCUT2D eigenvalue weighted by atomic mass is 79.9. The van der Waals surface area contributed by atoms with Crippen molar-refractivity contribution >= 4 is 50.1 Å². The predicted octanol–water partition coefficient (Wildman–Crippen LogP) is 3.19. The van der Waals surface area contributed by atoms with Crippen molar-refractivity contribution in [3.63, 3.8) is 0 Å². The van der Waals surface area contributed by atoms with Crippen LogP contribution in [-0.4, -0.2) is 16.9 Å². The molecule has 0 aliphatic carbocycles. The van der Waals surface area contributed by atoms with Crippen LogP contribution in [-0.2, 0) is 9.59 Å². The highest BCUT2D eigenvalue weighted by Crippen LogP contribution is 2.21. The maximum Gasteiger partial charge on any atom is 0.260 e. The summed E-state index contributed by atoms with van der Waals surface area (Å²) in [4.78, 5) is 27.4. The van der Waals surface area contributed by atoms with E-state index in [9.17, 15) is 9.59 Å². The first kappa shape index (κ1) is 14.0. The van der Waals surface area contributed by atoms with Gasteiger partial charge >= 0.3 is 0 Å². The summed E-state index contributed by atoms with van der Waals surface area (Å²) in [5.74, 6) is -0.800. The van der Waals surface area contributed by atoms with Gasteiger partial charge < -0.3 is 5.32 Å². The van der Waals surface area contributed by atoms with Crippen LogP contribution >= 0.6 is 27.5 Å². The fourth-order valence-corrected chi connectivity index (χ4v) is 2.00. The van der Waals surface area contributed by atoms with Crippen molar-refractivity contribution in [2.75, 3.05) is 5.32 Å². The van der Waals surface area contributed by atoms with E-state index in [1.54, 1.807) is 6.07 Å². The van der Waals surface area contributed by atoms with Crippen LogP contribution in [0.4, 0.5) is 5.69 Å². The summed E-state index contributed by atoms with van der Waals surface area (Å²) in [7, 11) is 0. The molecule has 0 radical (unpaired) electrons. The van der Waals surface area contributed by atoms with Crippen LogP contribution in [0, 0.1) is 6.92 Å². The number of anilines is 1. The minimum Gasteiger partial charge on any atom is -0.322 e. The molecule has 1 amide bonds. The number of halogens is 2. The first-order valence-electron chi connectivity index (χ1n) is 5.50. The Balaban J connectivity index is 2.17. The standard InChI is InChI=1S/C13H10BrClN2O2/c1-7-4-8(2-3-10(7)14)17-13(19)9-6-16-12(15)5-11(9)18/h2-4,6H,5H2,1H3,(H,17,19). The fraction of sp³-hybridized carbons (Fsp3) is 0.154. The smallest absolute Gasteiger partial charge is 0.260 e. The third kappa shape index (κ3) is 3.30. The maximum atomic E-state index is 12.0. The molecule has 1 heterocycles. The number of hydrogen-bond acceptors (Lipinski definition) is 3. The molecule has 0 saturated carbocycles. The molecular weight excluding hydrogens is 332 g/mol. The van der Waals surface area contributed by atoms with Gasteiger partial charge in [-0.05, 0) is 30.7 Å². The third-order valence-electron chi connectivity index (χ3n) is 2.60. The number of benzene rings is 1. The van der Waals surface area contributed by atoms with E-state index >= 15 is 0 Å². The number of hydrogen-bond donors (Lipinski definition) is 1. The van der Waals surface area contributed by atoms with Gasteiger partial charge in [0.2, 0.25) is 0 Å². The summed E-state index contributed by atoms with van der Waals surface area (Å²) < 4.78 is 0.954. The van der Waals surface area contributed by atoms with Gasteiger partial charge in [-0.25, -0.2) is 4.99 Å². The first-order valence-corrected chi connectivity index (χ1v) is 6.67. The molecule has 1 aliphatic rings. The zero-order valence-electron chi connectivity index (χ0n) is 10.0. The van der Waals surface area contributed by atoms with E-state index in [0.29, 0.717) is 5.69 Å². The quantitative estimate of drug-likeness (QED) is 0.840. The van der Waals surface area contributed by atoms with Crippen LogP contribution in [0.3, 0.4) is 0 Å². The molecule has 0 fully saturated rings. The summed E-state index contributed by atoms with van der Waals surface area (Å²) in [6, 6.07) is 5.39. The summed E-state index contributed by atoms with van der Waals surface area (Å²) in [5.41, 5.74) is 1.63. The van der Waals surface area contributed by atoms with Gasteiger partial charge in [0.1, 0.15) is 10.7 Å². The Morgan fingerprint density at radius 2 is 2.21 bits per heavy atom.